The average Bonchev–Trinajstić information content (AvgIpc) is 3.32. The predicted octanol–water partition coefficient (Wildman–Crippen LogP) is 3.44. The Bertz CT molecular complexity index is 763. The maximum absolute atomic E-state index is 13.1. The molecular formula is C25H37N3O3. The zero-order valence-electron chi connectivity index (χ0n) is 19.2. The summed E-state index contributed by atoms with van der Waals surface area (Å²) >= 11 is 0. The van der Waals surface area contributed by atoms with Crippen LogP contribution in [0.4, 0.5) is 0 Å². The number of benzene rings is 1. The monoisotopic (exact) mass is 427 g/mol. The fraction of sp³-hybridized carbons (Fsp3) is 0.640. The zero-order chi connectivity index (χ0) is 22.4. The molecule has 1 saturated carbocycles. The highest BCUT2D eigenvalue weighted by Gasteiger charge is 2.36. The first-order valence-electron chi connectivity index (χ1n) is 11.9. The Morgan fingerprint density at radius 3 is 2.19 bits per heavy atom. The summed E-state index contributed by atoms with van der Waals surface area (Å²) in [5.74, 6) is 0.123. The van der Waals surface area contributed by atoms with Gasteiger partial charge in [-0.25, -0.2) is 0 Å². The minimum atomic E-state index is -0.591. The van der Waals surface area contributed by atoms with Crippen molar-refractivity contribution in [2.24, 2.45) is 11.8 Å². The SMILES string of the molecule is CC[C@@H](C)NC(=O)[C@@H](NC(=O)c1ccc(C)cc1)C1CCN(C(=O)C2CCCC2)CC1. The van der Waals surface area contributed by atoms with E-state index in [1.807, 2.05) is 37.8 Å². The first kappa shape index (κ1) is 23.3. The predicted molar refractivity (Wildman–Crippen MR) is 122 cm³/mol. The number of aryl methyl sites for hydroxylation is 1. The number of nitrogens with zero attached hydrogens (tertiary/aromatic N) is 1. The number of rotatable bonds is 7. The smallest absolute Gasteiger partial charge is 0.251 e. The molecule has 0 aromatic heterocycles. The van der Waals surface area contributed by atoms with Crippen molar-refractivity contribution in [2.75, 3.05) is 13.1 Å². The lowest BCUT2D eigenvalue weighted by molar-refractivity contribution is -0.137. The number of carbonyl (C=O) groups excluding carboxylic acids is 3. The molecule has 1 aliphatic heterocycles. The van der Waals surface area contributed by atoms with Gasteiger partial charge in [0.1, 0.15) is 6.04 Å². The minimum Gasteiger partial charge on any atom is -0.352 e. The molecule has 1 aromatic rings. The van der Waals surface area contributed by atoms with Gasteiger partial charge in [-0.3, -0.25) is 14.4 Å². The molecular weight excluding hydrogens is 390 g/mol. The summed E-state index contributed by atoms with van der Waals surface area (Å²) in [6.07, 6.45) is 6.59. The fourth-order valence-corrected chi connectivity index (χ4v) is 4.65. The van der Waals surface area contributed by atoms with Gasteiger partial charge >= 0.3 is 0 Å². The van der Waals surface area contributed by atoms with Crippen LogP contribution >= 0.6 is 0 Å². The van der Waals surface area contributed by atoms with E-state index in [1.54, 1.807) is 12.1 Å². The largest absolute Gasteiger partial charge is 0.352 e. The molecule has 0 spiro atoms. The standard InChI is InChI=1S/C25H37N3O3/c1-4-18(3)26-24(30)22(27-23(29)20-11-9-17(2)10-12-20)19-13-15-28(16-14-19)25(31)21-7-5-6-8-21/h9-12,18-19,21-22H,4-8,13-16H2,1-3H3,(H,26,30)(H,27,29)/t18-,22+/m1/s1. The Morgan fingerprint density at radius 1 is 1.00 bits per heavy atom. The van der Waals surface area contributed by atoms with Gasteiger partial charge in [0.25, 0.3) is 5.91 Å². The maximum Gasteiger partial charge on any atom is 0.251 e. The topological polar surface area (TPSA) is 78.5 Å². The fourth-order valence-electron chi connectivity index (χ4n) is 4.65. The van der Waals surface area contributed by atoms with Crippen LogP contribution in [0.5, 0.6) is 0 Å². The Morgan fingerprint density at radius 2 is 1.61 bits per heavy atom. The number of nitrogens with one attached hydrogen (secondary N) is 2. The van der Waals surface area contributed by atoms with Crippen molar-refractivity contribution in [1.82, 2.24) is 15.5 Å². The van der Waals surface area contributed by atoms with Crippen LogP contribution in [0.25, 0.3) is 0 Å². The van der Waals surface area contributed by atoms with Crippen molar-refractivity contribution in [2.45, 2.75) is 77.8 Å². The van der Waals surface area contributed by atoms with Gasteiger partial charge in [-0.2, -0.15) is 0 Å². The number of amides is 3. The van der Waals surface area contributed by atoms with E-state index < -0.39 is 6.04 Å². The van der Waals surface area contributed by atoms with Gasteiger partial charge in [-0.05, 0) is 64.0 Å². The summed E-state index contributed by atoms with van der Waals surface area (Å²) in [5.41, 5.74) is 1.64. The van der Waals surface area contributed by atoms with Gasteiger partial charge in [0.05, 0.1) is 0 Å². The Labute approximate surface area is 186 Å². The summed E-state index contributed by atoms with van der Waals surface area (Å²) in [4.78, 5) is 40.6. The van der Waals surface area contributed by atoms with E-state index in [4.69, 9.17) is 0 Å². The molecule has 3 amide bonds. The molecule has 2 atom stereocenters. The second kappa shape index (κ2) is 10.8. The van der Waals surface area contributed by atoms with Gasteiger partial charge in [0.2, 0.25) is 11.8 Å². The molecule has 3 rings (SSSR count). The van der Waals surface area contributed by atoms with Crippen LogP contribution < -0.4 is 10.6 Å². The van der Waals surface area contributed by atoms with Crippen molar-refractivity contribution < 1.29 is 14.4 Å². The number of hydrogen-bond donors (Lipinski definition) is 2. The van der Waals surface area contributed by atoms with Gasteiger partial charge in [-0.15, -0.1) is 0 Å². The highest BCUT2D eigenvalue weighted by Crippen LogP contribution is 2.29. The third-order valence-corrected chi connectivity index (χ3v) is 6.91. The molecule has 2 aliphatic rings. The van der Waals surface area contributed by atoms with Gasteiger partial charge in [-0.1, -0.05) is 37.5 Å². The summed E-state index contributed by atoms with van der Waals surface area (Å²) in [6.45, 7) is 7.29. The van der Waals surface area contributed by atoms with Crippen LogP contribution in [0.3, 0.4) is 0 Å². The third-order valence-electron chi connectivity index (χ3n) is 6.91. The molecule has 1 saturated heterocycles. The van der Waals surface area contributed by atoms with Gasteiger partial charge in [0, 0.05) is 30.6 Å². The second-order valence-electron chi connectivity index (χ2n) is 9.28. The second-order valence-corrected chi connectivity index (χ2v) is 9.28. The number of piperidine rings is 1. The summed E-state index contributed by atoms with van der Waals surface area (Å²) in [5, 5.41) is 6.03. The maximum atomic E-state index is 13.1. The molecule has 0 bridgehead atoms. The first-order chi connectivity index (χ1) is 14.9. The molecule has 170 valence electrons. The molecule has 2 N–H and O–H groups in total. The molecule has 1 aromatic carbocycles. The quantitative estimate of drug-likeness (QED) is 0.700. The molecule has 31 heavy (non-hydrogen) atoms. The van der Waals surface area contributed by atoms with Crippen molar-refractivity contribution in [3.63, 3.8) is 0 Å². The summed E-state index contributed by atoms with van der Waals surface area (Å²) < 4.78 is 0. The normalized spacial score (nSPS) is 19.6. The Balaban J connectivity index is 1.66. The minimum absolute atomic E-state index is 0.0195. The van der Waals surface area contributed by atoms with E-state index in [-0.39, 0.29) is 35.6 Å². The first-order valence-corrected chi connectivity index (χ1v) is 11.9. The van der Waals surface area contributed by atoms with E-state index >= 15 is 0 Å². The van der Waals surface area contributed by atoms with Crippen molar-refractivity contribution in [1.29, 1.82) is 0 Å². The summed E-state index contributed by atoms with van der Waals surface area (Å²) in [7, 11) is 0. The molecule has 6 nitrogen and oxygen atoms in total. The lowest BCUT2D eigenvalue weighted by Crippen LogP contribution is -2.55. The van der Waals surface area contributed by atoms with Crippen LogP contribution in [-0.4, -0.2) is 47.8 Å². The summed E-state index contributed by atoms with van der Waals surface area (Å²) in [6, 6.07) is 6.84. The lowest BCUT2D eigenvalue weighted by atomic mass is 9.87. The van der Waals surface area contributed by atoms with E-state index in [2.05, 4.69) is 10.6 Å². The Kier molecular flexibility index (Phi) is 8.10. The van der Waals surface area contributed by atoms with Crippen LogP contribution in [0.15, 0.2) is 24.3 Å². The lowest BCUT2D eigenvalue weighted by Gasteiger charge is -2.37. The molecule has 0 unspecified atom stereocenters. The highest BCUT2D eigenvalue weighted by atomic mass is 16.2. The Hall–Kier alpha value is -2.37. The molecule has 2 fully saturated rings. The third kappa shape index (κ3) is 6.08. The van der Waals surface area contributed by atoms with Crippen molar-refractivity contribution in [3.8, 4) is 0 Å². The molecule has 1 aliphatic carbocycles. The zero-order valence-corrected chi connectivity index (χ0v) is 19.2. The number of likely N-dealkylation sites (tertiary alicyclic amines) is 1. The van der Waals surface area contributed by atoms with Crippen LogP contribution in [0, 0.1) is 18.8 Å². The van der Waals surface area contributed by atoms with E-state index in [0.717, 1.165) is 50.5 Å². The molecule has 1 heterocycles. The molecule has 0 radical (unpaired) electrons. The van der Waals surface area contributed by atoms with Gasteiger partial charge < -0.3 is 15.5 Å². The van der Waals surface area contributed by atoms with Crippen LogP contribution in [0.2, 0.25) is 0 Å². The van der Waals surface area contributed by atoms with Gasteiger partial charge in [0.15, 0.2) is 0 Å². The van der Waals surface area contributed by atoms with Crippen LogP contribution in [0.1, 0.15) is 74.7 Å². The van der Waals surface area contributed by atoms with E-state index in [0.29, 0.717) is 18.7 Å². The highest BCUT2D eigenvalue weighted by molar-refractivity contribution is 5.97. The number of hydrogen-bond acceptors (Lipinski definition) is 3. The van der Waals surface area contributed by atoms with E-state index in [1.165, 1.54) is 0 Å². The van der Waals surface area contributed by atoms with Crippen molar-refractivity contribution in [3.05, 3.63) is 35.4 Å². The number of carbonyl (C=O) groups is 3. The molecule has 6 heteroatoms. The van der Waals surface area contributed by atoms with E-state index in [9.17, 15) is 14.4 Å². The van der Waals surface area contributed by atoms with Crippen LogP contribution in [-0.2, 0) is 9.59 Å². The average molecular weight is 428 g/mol. The van der Waals surface area contributed by atoms with Crippen molar-refractivity contribution >= 4 is 17.7 Å².